The van der Waals surface area contributed by atoms with Gasteiger partial charge < -0.3 is 10.6 Å². The number of thiophene rings is 1. The number of hydrogen-bond acceptors (Lipinski definition) is 4. The second-order valence-corrected chi connectivity index (χ2v) is 7.26. The van der Waals surface area contributed by atoms with E-state index in [-0.39, 0.29) is 6.04 Å². The monoisotopic (exact) mass is 362 g/mol. The average molecular weight is 364 g/mol. The van der Waals surface area contributed by atoms with Gasteiger partial charge in [-0.15, -0.1) is 11.3 Å². The van der Waals surface area contributed by atoms with Gasteiger partial charge in [0, 0.05) is 6.54 Å². The van der Waals surface area contributed by atoms with Crippen LogP contribution in [0.15, 0.2) is 21.4 Å². The predicted octanol–water partition coefficient (Wildman–Crippen LogP) is 2.97. The van der Waals surface area contributed by atoms with E-state index in [1.165, 1.54) is 0 Å². The minimum absolute atomic E-state index is 0.250. The molecule has 2 N–H and O–H groups in total. The van der Waals surface area contributed by atoms with Crippen LogP contribution in [0.2, 0.25) is 5.02 Å². The Morgan fingerprint density at radius 2 is 2.32 bits per heavy atom. The number of nitrogens with two attached hydrogens (primary N) is 1. The summed E-state index contributed by atoms with van der Waals surface area (Å²) in [5, 5.41) is 6.97. The maximum absolute atomic E-state index is 6.31. The average Bonchev–Trinajstić information content (AvgIpc) is 2.92. The molecule has 0 amide bonds. The van der Waals surface area contributed by atoms with Gasteiger partial charge in [-0.3, -0.25) is 4.68 Å². The topological polar surface area (TPSA) is 47.1 Å². The van der Waals surface area contributed by atoms with E-state index in [1.54, 1.807) is 17.5 Å². The number of hydrogen-bond donors (Lipinski definition) is 1. The third-order valence-electron chi connectivity index (χ3n) is 2.83. The van der Waals surface area contributed by atoms with Crippen LogP contribution in [0.5, 0.6) is 0 Å². The van der Waals surface area contributed by atoms with E-state index in [9.17, 15) is 0 Å². The van der Waals surface area contributed by atoms with E-state index < -0.39 is 0 Å². The highest BCUT2D eigenvalue weighted by molar-refractivity contribution is 9.11. The van der Waals surface area contributed by atoms with Crippen molar-refractivity contribution in [3.63, 3.8) is 0 Å². The molecule has 7 heteroatoms. The van der Waals surface area contributed by atoms with Crippen LogP contribution in [-0.4, -0.2) is 35.3 Å². The summed E-state index contributed by atoms with van der Waals surface area (Å²) >= 11 is 11.3. The maximum Gasteiger partial charge on any atom is 0.0837 e. The molecule has 0 radical (unpaired) electrons. The Hall–Kier alpha value is -0.400. The lowest BCUT2D eigenvalue weighted by Gasteiger charge is -2.16. The number of halogens is 2. The van der Waals surface area contributed by atoms with Crippen molar-refractivity contribution in [2.24, 2.45) is 5.73 Å². The maximum atomic E-state index is 6.31. The highest BCUT2D eigenvalue weighted by Gasteiger charge is 2.19. The van der Waals surface area contributed by atoms with Gasteiger partial charge in [-0.2, -0.15) is 5.10 Å². The molecule has 0 aliphatic heterocycles. The number of nitrogens with zero attached hydrogens (tertiary/aromatic N) is 3. The molecule has 2 aromatic heterocycles. The summed E-state index contributed by atoms with van der Waals surface area (Å²) < 4.78 is 2.95. The van der Waals surface area contributed by atoms with E-state index in [1.807, 2.05) is 30.2 Å². The minimum atomic E-state index is -0.250. The van der Waals surface area contributed by atoms with Gasteiger partial charge >= 0.3 is 0 Å². The van der Waals surface area contributed by atoms with E-state index >= 15 is 0 Å². The minimum Gasteiger partial charge on any atom is -0.319 e. The number of likely N-dealkylation sites (N-methyl/N-ethyl adjacent to an activating group) is 1. The quantitative estimate of drug-likeness (QED) is 0.888. The predicted molar refractivity (Wildman–Crippen MR) is 83.8 cm³/mol. The lowest BCUT2D eigenvalue weighted by atomic mass is 10.1. The fraction of sp³-hybridized carbons (Fsp3) is 0.417. The van der Waals surface area contributed by atoms with Gasteiger partial charge in [0.15, 0.2) is 0 Å². The summed E-state index contributed by atoms with van der Waals surface area (Å²) in [6.45, 7) is 1.67. The van der Waals surface area contributed by atoms with Crippen LogP contribution >= 0.6 is 38.9 Å². The van der Waals surface area contributed by atoms with Crippen LogP contribution in [0.3, 0.4) is 0 Å². The first-order valence-corrected chi connectivity index (χ1v) is 7.89. The van der Waals surface area contributed by atoms with Crippen molar-refractivity contribution in [3.05, 3.63) is 37.7 Å². The summed E-state index contributed by atoms with van der Waals surface area (Å²) in [6, 6.07) is 1.77. The zero-order chi connectivity index (χ0) is 14.0. The molecule has 2 rings (SSSR count). The third-order valence-corrected chi connectivity index (χ3v) is 4.65. The first-order valence-electron chi connectivity index (χ1n) is 5.84. The Labute approximate surface area is 130 Å². The van der Waals surface area contributed by atoms with Crippen LogP contribution in [0.1, 0.15) is 17.3 Å². The highest BCUT2D eigenvalue weighted by Crippen LogP contribution is 2.31. The molecule has 0 saturated carbocycles. The lowest BCUT2D eigenvalue weighted by molar-refractivity contribution is 0.368. The number of rotatable bonds is 5. The molecular weight excluding hydrogens is 348 g/mol. The fourth-order valence-electron chi connectivity index (χ4n) is 1.80. The van der Waals surface area contributed by atoms with E-state index in [4.69, 9.17) is 17.3 Å². The molecular formula is C12H16BrClN4S. The van der Waals surface area contributed by atoms with Crippen LogP contribution in [-0.2, 0) is 6.54 Å². The van der Waals surface area contributed by atoms with Gasteiger partial charge in [0.1, 0.15) is 0 Å². The van der Waals surface area contributed by atoms with Crippen molar-refractivity contribution < 1.29 is 0 Å². The van der Waals surface area contributed by atoms with Crippen LogP contribution < -0.4 is 5.73 Å². The van der Waals surface area contributed by atoms with Crippen molar-refractivity contribution in [1.82, 2.24) is 14.7 Å². The lowest BCUT2D eigenvalue weighted by Crippen LogP contribution is -2.23. The van der Waals surface area contributed by atoms with Crippen LogP contribution in [0.25, 0.3) is 0 Å². The Morgan fingerprint density at radius 1 is 1.58 bits per heavy atom. The molecule has 2 heterocycles. The Morgan fingerprint density at radius 3 is 2.89 bits per heavy atom. The Balaban J connectivity index is 2.25. The molecule has 19 heavy (non-hydrogen) atoms. The van der Waals surface area contributed by atoms with Crippen molar-refractivity contribution in [3.8, 4) is 0 Å². The molecule has 4 nitrogen and oxygen atoms in total. The molecule has 1 atom stereocenters. The smallest absolute Gasteiger partial charge is 0.0837 e. The molecule has 0 aromatic carbocycles. The second-order valence-electron chi connectivity index (χ2n) is 4.57. The zero-order valence-corrected chi connectivity index (χ0v) is 14.0. The van der Waals surface area contributed by atoms with Crippen LogP contribution in [0.4, 0.5) is 0 Å². The molecule has 0 bridgehead atoms. The summed E-state index contributed by atoms with van der Waals surface area (Å²) in [5.41, 5.74) is 8.22. The first-order chi connectivity index (χ1) is 8.99. The van der Waals surface area contributed by atoms with Crippen molar-refractivity contribution in [2.45, 2.75) is 12.6 Å². The summed E-state index contributed by atoms with van der Waals surface area (Å²) in [6.07, 6.45) is 1.66. The normalized spacial score (nSPS) is 13.2. The van der Waals surface area contributed by atoms with E-state index in [2.05, 4.69) is 25.9 Å². The Bertz CT molecular complexity index is 552. The Kier molecular flexibility index (Phi) is 5.03. The molecule has 2 aromatic rings. The van der Waals surface area contributed by atoms with Crippen molar-refractivity contribution >= 4 is 38.9 Å². The second kappa shape index (κ2) is 6.37. The summed E-state index contributed by atoms with van der Waals surface area (Å²) in [4.78, 5) is 2.10. The molecule has 0 aliphatic carbocycles. The van der Waals surface area contributed by atoms with E-state index in [0.29, 0.717) is 5.02 Å². The van der Waals surface area contributed by atoms with Gasteiger partial charge in [0.05, 0.1) is 33.3 Å². The van der Waals surface area contributed by atoms with Gasteiger partial charge in [0.2, 0.25) is 0 Å². The number of aromatic nitrogens is 2. The third kappa shape index (κ3) is 3.58. The van der Waals surface area contributed by atoms with Gasteiger partial charge in [-0.1, -0.05) is 11.6 Å². The molecule has 0 saturated heterocycles. The summed E-state index contributed by atoms with van der Waals surface area (Å²) in [5.74, 6) is 0. The van der Waals surface area contributed by atoms with E-state index in [0.717, 1.165) is 28.1 Å². The summed E-state index contributed by atoms with van der Waals surface area (Å²) in [7, 11) is 4.06. The highest BCUT2D eigenvalue weighted by atomic mass is 79.9. The standard InChI is InChI=1S/C12H16BrClN4S/c1-17(2)3-4-18-12(9(14)6-16-18)11(15)8-5-10(13)19-7-8/h5-7,11H,3-4,15H2,1-2H3. The van der Waals surface area contributed by atoms with Gasteiger partial charge in [0.25, 0.3) is 0 Å². The SMILES string of the molecule is CN(C)CCn1ncc(Cl)c1C(N)c1csc(Br)c1. The molecule has 0 fully saturated rings. The van der Waals surface area contributed by atoms with Crippen molar-refractivity contribution in [2.75, 3.05) is 20.6 Å². The zero-order valence-electron chi connectivity index (χ0n) is 10.8. The fourth-order valence-corrected chi connectivity index (χ4v) is 3.27. The van der Waals surface area contributed by atoms with Gasteiger partial charge in [-0.25, -0.2) is 0 Å². The van der Waals surface area contributed by atoms with Gasteiger partial charge in [-0.05, 0) is 47.0 Å². The molecule has 0 aliphatic rings. The molecule has 104 valence electrons. The molecule has 1 unspecified atom stereocenters. The molecule has 0 spiro atoms. The first kappa shape index (κ1) is 15.0. The largest absolute Gasteiger partial charge is 0.319 e. The van der Waals surface area contributed by atoms with Crippen LogP contribution in [0, 0.1) is 0 Å². The van der Waals surface area contributed by atoms with Crippen molar-refractivity contribution in [1.29, 1.82) is 0 Å².